The van der Waals surface area contributed by atoms with Crippen molar-refractivity contribution in [2.24, 2.45) is 0 Å². The minimum atomic E-state index is 0.110. The van der Waals surface area contributed by atoms with Gasteiger partial charge in [0.05, 0.1) is 6.54 Å². The first-order valence-electron chi connectivity index (χ1n) is 7.95. The molecule has 5 heteroatoms. The lowest BCUT2D eigenvalue weighted by atomic mass is 10.1. The van der Waals surface area contributed by atoms with E-state index in [0.717, 1.165) is 12.8 Å². The van der Waals surface area contributed by atoms with Crippen LogP contribution in [0.15, 0.2) is 30.3 Å². The van der Waals surface area contributed by atoms with Crippen LogP contribution in [0.5, 0.6) is 0 Å². The number of likely N-dealkylation sites (N-methyl/N-ethyl adjacent to an activating group) is 1. The van der Waals surface area contributed by atoms with Gasteiger partial charge in [0.2, 0.25) is 11.8 Å². The molecule has 0 spiro atoms. The first kappa shape index (κ1) is 16.5. The highest BCUT2D eigenvalue weighted by Gasteiger charge is 2.23. The molecule has 120 valence electrons. The van der Waals surface area contributed by atoms with Crippen molar-refractivity contribution in [3.63, 3.8) is 0 Å². The Bertz CT molecular complexity index is 482. The average Bonchev–Trinajstić information content (AvgIpc) is 2.56. The van der Waals surface area contributed by atoms with E-state index in [1.807, 2.05) is 28.0 Å². The lowest BCUT2D eigenvalue weighted by molar-refractivity contribution is -0.139. The lowest BCUT2D eigenvalue weighted by Gasteiger charge is -2.34. The van der Waals surface area contributed by atoms with Crippen LogP contribution < -0.4 is 5.32 Å². The van der Waals surface area contributed by atoms with Gasteiger partial charge in [0.1, 0.15) is 0 Å². The van der Waals surface area contributed by atoms with E-state index in [0.29, 0.717) is 39.1 Å². The summed E-state index contributed by atoms with van der Waals surface area (Å²) in [6.07, 6.45) is 2.40. The van der Waals surface area contributed by atoms with E-state index in [1.165, 1.54) is 5.56 Å². The molecule has 1 fully saturated rings. The molecular weight excluding hydrogens is 278 g/mol. The van der Waals surface area contributed by atoms with Gasteiger partial charge in [-0.1, -0.05) is 30.3 Å². The summed E-state index contributed by atoms with van der Waals surface area (Å²) in [5, 5.41) is 2.87. The molecule has 1 N–H and O–H groups in total. The highest BCUT2D eigenvalue weighted by atomic mass is 16.2. The van der Waals surface area contributed by atoms with Crippen molar-refractivity contribution in [1.29, 1.82) is 0 Å². The molecular formula is C17H25N3O2. The third-order valence-corrected chi connectivity index (χ3v) is 4.01. The second kappa shape index (κ2) is 8.54. The second-order valence-corrected chi connectivity index (χ2v) is 5.63. The molecule has 0 bridgehead atoms. The van der Waals surface area contributed by atoms with Crippen LogP contribution in [0.1, 0.15) is 18.4 Å². The number of nitrogens with one attached hydrogen (secondary N) is 1. The van der Waals surface area contributed by atoms with Gasteiger partial charge in [-0.05, 0) is 25.5 Å². The zero-order valence-corrected chi connectivity index (χ0v) is 13.3. The van der Waals surface area contributed by atoms with Gasteiger partial charge in [0.25, 0.3) is 0 Å². The number of nitrogens with zero attached hydrogens (tertiary/aromatic N) is 2. The van der Waals surface area contributed by atoms with E-state index >= 15 is 0 Å². The largest absolute Gasteiger partial charge is 0.339 e. The third-order valence-electron chi connectivity index (χ3n) is 4.01. The van der Waals surface area contributed by atoms with Crippen LogP contribution in [0.4, 0.5) is 0 Å². The molecule has 22 heavy (non-hydrogen) atoms. The number of benzene rings is 1. The second-order valence-electron chi connectivity index (χ2n) is 5.63. The molecule has 2 amide bonds. The van der Waals surface area contributed by atoms with E-state index in [9.17, 15) is 9.59 Å². The Balaban J connectivity index is 1.68. The van der Waals surface area contributed by atoms with E-state index in [-0.39, 0.29) is 11.8 Å². The minimum Gasteiger partial charge on any atom is -0.339 e. The molecule has 1 aromatic carbocycles. The fourth-order valence-electron chi connectivity index (χ4n) is 2.71. The first-order valence-corrected chi connectivity index (χ1v) is 7.95. The Morgan fingerprint density at radius 1 is 1.00 bits per heavy atom. The summed E-state index contributed by atoms with van der Waals surface area (Å²) in [6, 6.07) is 10.2. The van der Waals surface area contributed by atoms with E-state index in [1.54, 1.807) is 7.05 Å². The molecule has 0 radical (unpaired) electrons. The first-order chi connectivity index (χ1) is 10.7. The van der Waals surface area contributed by atoms with E-state index in [2.05, 4.69) is 17.4 Å². The summed E-state index contributed by atoms with van der Waals surface area (Å²) in [4.78, 5) is 27.7. The highest BCUT2D eigenvalue weighted by molar-refractivity contribution is 5.79. The number of aryl methyl sites for hydroxylation is 1. The van der Waals surface area contributed by atoms with Crippen LogP contribution in [-0.2, 0) is 16.0 Å². The summed E-state index contributed by atoms with van der Waals surface area (Å²) in [6.45, 7) is 2.96. The topological polar surface area (TPSA) is 52.7 Å². The van der Waals surface area contributed by atoms with Crippen molar-refractivity contribution in [2.45, 2.75) is 19.3 Å². The van der Waals surface area contributed by atoms with Crippen LogP contribution in [-0.4, -0.2) is 61.4 Å². The molecule has 1 aliphatic rings. The number of carbonyl (C=O) groups is 2. The molecule has 0 aromatic heterocycles. The van der Waals surface area contributed by atoms with Gasteiger partial charge < -0.3 is 15.1 Å². The van der Waals surface area contributed by atoms with Gasteiger partial charge in [0.15, 0.2) is 0 Å². The number of rotatable bonds is 6. The maximum absolute atomic E-state index is 12.2. The lowest BCUT2D eigenvalue weighted by Crippen LogP contribution is -2.52. The molecule has 0 aliphatic carbocycles. The van der Waals surface area contributed by atoms with Crippen LogP contribution in [0.2, 0.25) is 0 Å². The Labute approximate surface area is 132 Å². The minimum absolute atomic E-state index is 0.110. The number of hydrogen-bond donors (Lipinski definition) is 1. The van der Waals surface area contributed by atoms with Gasteiger partial charge in [0, 0.05) is 32.6 Å². The maximum atomic E-state index is 12.2. The zero-order chi connectivity index (χ0) is 15.8. The van der Waals surface area contributed by atoms with E-state index in [4.69, 9.17) is 0 Å². The molecule has 0 atom stereocenters. The SMILES string of the molecule is CNCC(=O)N1CCN(C(=O)CCCc2ccccc2)CC1. The quantitative estimate of drug-likeness (QED) is 0.849. The molecule has 5 nitrogen and oxygen atoms in total. The Morgan fingerprint density at radius 2 is 1.59 bits per heavy atom. The van der Waals surface area contributed by atoms with Crippen molar-refractivity contribution >= 4 is 11.8 Å². The predicted molar refractivity (Wildman–Crippen MR) is 86.5 cm³/mol. The molecule has 0 unspecified atom stereocenters. The van der Waals surface area contributed by atoms with Crippen molar-refractivity contribution in [3.8, 4) is 0 Å². The number of hydrogen-bond acceptors (Lipinski definition) is 3. The fraction of sp³-hybridized carbons (Fsp3) is 0.529. The van der Waals surface area contributed by atoms with Crippen molar-refractivity contribution < 1.29 is 9.59 Å². The Hall–Kier alpha value is -1.88. The van der Waals surface area contributed by atoms with Crippen molar-refractivity contribution in [2.75, 3.05) is 39.8 Å². The number of piperazine rings is 1. The number of amides is 2. The predicted octanol–water partition coefficient (Wildman–Crippen LogP) is 0.900. The number of carbonyl (C=O) groups excluding carboxylic acids is 2. The van der Waals surface area contributed by atoms with Crippen LogP contribution >= 0.6 is 0 Å². The molecule has 1 aromatic rings. The van der Waals surface area contributed by atoms with Crippen LogP contribution in [0, 0.1) is 0 Å². The van der Waals surface area contributed by atoms with Crippen molar-refractivity contribution in [1.82, 2.24) is 15.1 Å². The summed E-state index contributed by atoms with van der Waals surface area (Å²) in [5.74, 6) is 0.315. The normalized spacial score (nSPS) is 15.0. The summed E-state index contributed by atoms with van der Waals surface area (Å²) in [5.41, 5.74) is 1.28. The maximum Gasteiger partial charge on any atom is 0.236 e. The Morgan fingerprint density at radius 3 is 2.18 bits per heavy atom. The smallest absolute Gasteiger partial charge is 0.236 e. The monoisotopic (exact) mass is 303 g/mol. The average molecular weight is 303 g/mol. The molecule has 1 aliphatic heterocycles. The highest BCUT2D eigenvalue weighted by Crippen LogP contribution is 2.09. The van der Waals surface area contributed by atoms with Crippen LogP contribution in [0.25, 0.3) is 0 Å². The molecule has 1 heterocycles. The standard InChI is InChI=1S/C17H25N3O2/c1-18-14-17(22)20-12-10-19(11-13-20)16(21)9-5-8-15-6-3-2-4-7-15/h2-4,6-7,18H,5,8-14H2,1H3. The molecule has 0 saturated carbocycles. The van der Waals surface area contributed by atoms with Gasteiger partial charge in [-0.3, -0.25) is 9.59 Å². The van der Waals surface area contributed by atoms with Gasteiger partial charge >= 0.3 is 0 Å². The summed E-state index contributed by atoms with van der Waals surface area (Å²) < 4.78 is 0. The zero-order valence-electron chi connectivity index (χ0n) is 13.3. The van der Waals surface area contributed by atoms with Gasteiger partial charge in [-0.2, -0.15) is 0 Å². The summed E-state index contributed by atoms with van der Waals surface area (Å²) in [7, 11) is 1.77. The van der Waals surface area contributed by atoms with Gasteiger partial charge in [-0.15, -0.1) is 0 Å². The van der Waals surface area contributed by atoms with E-state index < -0.39 is 0 Å². The van der Waals surface area contributed by atoms with Crippen molar-refractivity contribution in [3.05, 3.63) is 35.9 Å². The third kappa shape index (κ3) is 4.84. The fourth-order valence-corrected chi connectivity index (χ4v) is 2.71. The Kier molecular flexibility index (Phi) is 6.40. The molecule has 1 saturated heterocycles. The van der Waals surface area contributed by atoms with Crippen LogP contribution in [0.3, 0.4) is 0 Å². The van der Waals surface area contributed by atoms with Gasteiger partial charge in [-0.25, -0.2) is 0 Å². The molecule has 2 rings (SSSR count). The summed E-state index contributed by atoms with van der Waals surface area (Å²) >= 11 is 0.